The van der Waals surface area contributed by atoms with Crippen molar-refractivity contribution in [2.75, 3.05) is 36.0 Å². The van der Waals surface area contributed by atoms with Crippen LogP contribution < -0.4 is 15.4 Å². The topological polar surface area (TPSA) is 67.2 Å². The summed E-state index contributed by atoms with van der Waals surface area (Å²) < 4.78 is 1.31. The third-order valence-corrected chi connectivity index (χ3v) is 5.19. The largest absolute Gasteiger partial charge is 0.365 e. The Morgan fingerprint density at radius 2 is 1.64 bits per heavy atom. The van der Waals surface area contributed by atoms with Gasteiger partial charge in [-0.1, -0.05) is 41.4 Å². The van der Waals surface area contributed by atoms with Crippen molar-refractivity contribution in [1.82, 2.24) is 19.7 Å². The van der Waals surface area contributed by atoms with Crippen LogP contribution in [0, 0.1) is 6.92 Å². The minimum Gasteiger partial charge on any atom is -0.365 e. The number of halogens is 2. The van der Waals surface area contributed by atoms with Crippen molar-refractivity contribution in [1.29, 1.82) is 0 Å². The molecule has 0 unspecified atom stereocenters. The molecule has 0 spiro atoms. The number of piperazine rings is 1. The first-order chi connectivity index (χ1) is 13.5. The van der Waals surface area contributed by atoms with Gasteiger partial charge in [0.25, 0.3) is 5.56 Å². The Kier molecular flexibility index (Phi) is 5.19. The van der Waals surface area contributed by atoms with Crippen molar-refractivity contribution in [3.05, 3.63) is 68.9 Å². The molecule has 0 bridgehead atoms. The summed E-state index contributed by atoms with van der Waals surface area (Å²) in [7, 11) is 0. The summed E-state index contributed by atoms with van der Waals surface area (Å²) in [5, 5.41) is 4.92. The lowest BCUT2D eigenvalue weighted by Crippen LogP contribution is -2.47. The SMILES string of the molecule is Cc1nc(Cl)cc(N2CCN(c3cnn(-c4ccccc4)c(=O)c3Cl)CC2)n1. The lowest BCUT2D eigenvalue weighted by Gasteiger charge is -2.36. The van der Waals surface area contributed by atoms with E-state index in [1.807, 2.05) is 37.3 Å². The van der Waals surface area contributed by atoms with Crippen molar-refractivity contribution in [2.24, 2.45) is 0 Å². The van der Waals surface area contributed by atoms with Crippen molar-refractivity contribution in [3.63, 3.8) is 0 Å². The molecule has 9 heteroatoms. The van der Waals surface area contributed by atoms with Crippen molar-refractivity contribution >= 4 is 34.7 Å². The molecule has 0 atom stereocenters. The first-order valence-corrected chi connectivity index (χ1v) is 9.63. The number of aromatic nitrogens is 4. The van der Waals surface area contributed by atoms with E-state index in [-0.39, 0.29) is 10.6 Å². The summed E-state index contributed by atoms with van der Waals surface area (Å²) in [6, 6.07) is 11.0. The van der Waals surface area contributed by atoms with E-state index >= 15 is 0 Å². The van der Waals surface area contributed by atoms with Crippen molar-refractivity contribution < 1.29 is 0 Å². The molecule has 0 radical (unpaired) electrons. The van der Waals surface area contributed by atoms with Gasteiger partial charge < -0.3 is 9.80 Å². The zero-order valence-electron chi connectivity index (χ0n) is 15.2. The van der Waals surface area contributed by atoms with E-state index < -0.39 is 0 Å². The van der Waals surface area contributed by atoms with Gasteiger partial charge in [0.2, 0.25) is 0 Å². The van der Waals surface area contributed by atoms with Crippen LogP contribution in [0.15, 0.2) is 47.4 Å². The van der Waals surface area contributed by atoms with E-state index in [1.54, 1.807) is 12.3 Å². The van der Waals surface area contributed by atoms with Crippen LogP contribution in [-0.2, 0) is 0 Å². The zero-order chi connectivity index (χ0) is 19.7. The molecule has 2 aromatic heterocycles. The fourth-order valence-electron chi connectivity index (χ4n) is 3.25. The van der Waals surface area contributed by atoms with Crippen molar-refractivity contribution in [3.8, 4) is 5.69 Å². The Bertz CT molecular complexity index is 1030. The molecule has 28 heavy (non-hydrogen) atoms. The minimum absolute atomic E-state index is 0.174. The standard InChI is InChI=1S/C19H18Cl2N6O/c1-13-23-16(20)11-17(24-13)26-9-7-25(8-10-26)15-12-22-27(19(28)18(15)21)14-5-3-2-4-6-14/h2-6,11-12H,7-10H2,1H3. The van der Waals surface area contributed by atoms with Gasteiger partial charge in [-0.2, -0.15) is 9.78 Å². The van der Waals surface area contributed by atoms with Gasteiger partial charge in [-0.05, 0) is 19.1 Å². The molecule has 4 rings (SSSR count). The molecular weight excluding hydrogens is 399 g/mol. The van der Waals surface area contributed by atoms with Crippen molar-refractivity contribution in [2.45, 2.75) is 6.92 Å². The first kappa shape index (κ1) is 18.7. The Hall–Kier alpha value is -2.64. The molecule has 1 fully saturated rings. The molecule has 1 aliphatic rings. The maximum atomic E-state index is 12.7. The normalized spacial score (nSPS) is 14.4. The average Bonchev–Trinajstić information content (AvgIpc) is 2.70. The van der Waals surface area contributed by atoms with Gasteiger partial charge in [0.15, 0.2) is 0 Å². The quantitative estimate of drug-likeness (QED) is 0.611. The van der Waals surface area contributed by atoms with Gasteiger partial charge in [0, 0.05) is 32.2 Å². The van der Waals surface area contributed by atoms with E-state index in [1.165, 1.54) is 4.68 Å². The maximum Gasteiger partial charge on any atom is 0.292 e. The lowest BCUT2D eigenvalue weighted by molar-refractivity contribution is 0.641. The number of rotatable bonds is 3. The van der Waals surface area contributed by atoms with E-state index in [0.29, 0.717) is 35.4 Å². The summed E-state index contributed by atoms with van der Waals surface area (Å²) in [5.41, 5.74) is 1.00. The maximum absolute atomic E-state index is 12.7. The summed E-state index contributed by atoms with van der Waals surface area (Å²) in [6.07, 6.45) is 1.65. The van der Waals surface area contributed by atoms with Gasteiger partial charge in [-0.25, -0.2) is 9.97 Å². The molecule has 0 amide bonds. The molecule has 3 heterocycles. The highest BCUT2D eigenvalue weighted by Gasteiger charge is 2.22. The van der Waals surface area contributed by atoms with Crippen LogP contribution in [0.2, 0.25) is 10.2 Å². The third-order valence-electron chi connectivity index (χ3n) is 4.64. The zero-order valence-corrected chi connectivity index (χ0v) is 16.7. The molecular formula is C19H18Cl2N6O. The Labute approximate surface area is 172 Å². The number of aryl methyl sites for hydroxylation is 1. The highest BCUT2D eigenvalue weighted by atomic mass is 35.5. The highest BCUT2D eigenvalue weighted by molar-refractivity contribution is 6.33. The smallest absolute Gasteiger partial charge is 0.292 e. The Morgan fingerprint density at radius 3 is 2.32 bits per heavy atom. The number of hydrogen-bond donors (Lipinski definition) is 0. The van der Waals surface area contributed by atoms with Gasteiger partial charge in [-0.15, -0.1) is 0 Å². The molecule has 1 saturated heterocycles. The third kappa shape index (κ3) is 3.68. The number of nitrogens with zero attached hydrogens (tertiary/aromatic N) is 6. The lowest BCUT2D eigenvalue weighted by atomic mass is 10.2. The van der Waals surface area contributed by atoms with Crippen LogP contribution in [0.1, 0.15) is 5.82 Å². The summed E-state index contributed by atoms with van der Waals surface area (Å²) in [5.74, 6) is 1.45. The second-order valence-corrected chi connectivity index (χ2v) is 7.23. The van der Waals surface area contributed by atoms with Crippen LogP contribution in [0.4, 0.5) is 11.5 Å². The molecule has 144 valence electrons. The molecule has 0 aliphatic carbocycles. The van der Waals surface area contributed by atoms with Gasteiger partial charge in [0.05, 0.1) is 17.6 Å². The second-order valence-electron chi connectivity index (χ2n) is 6.47. The number of benzene rings is 1. The second kappa shape index (κ2) is 7.77. The molecule has 0 N–H and O–H groups in total. The van der Waals surface area contributed by atoms with Gasteiger partial charge in [-0.3, -0.25) is 4.79 Å². The molecule has 0 saturated carbocycles. The Morgan fingerprint density at radius 1 is 0.964 bits per heavy atom. The van der Waals surface area contributed by atoms with Crippen LogP contribution >= 0.6 is 23.2 Å². The highest BCUT2D eigenvalue weighted by Crippen LogP contribution is 2.25. The minimum atomic E-state index is -0.328. The number of hydrogen-bond acceptors (Lipinski definition) is 6. The first-order valence-electron chi connectivity index (χ1n) is 8.87. The summed E-state index contributed by atoms with van der Waals surface area (Å²) >= 11 is 12.5. The average molecular weight is 417 g/mol. The molecule has 1 aliphatic heterocycles. The van der Waals surface area contributed by atoms with Gasteiger partial charge >= 0.3 is 0 Å². The van der Waals surface area contributed by atoms with Crippen LogP contribution in [-0.4, -0.2) is 45.9 Å². The van der Waals surface area contributed by atoms with E-state index in [4.69, 9.17) is 23.2 Å². The van der Waals surface area contributed by atoms with Crippen LogP contribution in [0.3, 0.4) is 0 Å². The number of para-hydroxylation sites is 1. The monoisotopic (exact) mass is 416 g/mol. The summed E-state index contributed by atoms with van der Waals surface area (Å²) in [4.78, 5) is 25.5. The van der Waals surface area contributed by atoms with E-state index in [9.17, 15) is 4.79 Å². The van der Waals surface area contributed by atoms with Crippen LogP contribution in [0.25, 0.3) is 5.69 Å². The fourth-order valence-corrected chi connectivity index (χ4v) is 3.72. The van der Waals surface area contributed by atoms with Crippen LogP contribution in [0.5, 0.6) is 0 Å². The molecule has 7 nitrogen and oxygen atoms in total. The van der Waals surface area contributed by atoms with E-state index in [2.05, 4.69) is 24.9 Å². The molecule has 3 aromatic rings. The predicted molar refractivity (Wildman–Crippen MR) is 111 cm³/mol. The van der Waals surface area contributed by atoms with Gasteiger partial charge in [0.1, 0.15) is 21.8 Å². The Balaban J connectivity index is 1.53. The summed E-state index contributed by atoms with van der Waals surface area (Å²) in [6.45, 7) is 4.66. The van der Waals surface area contributed by atoms with E-state index in [0.717, 1.165) is 18.9 Å². The molecule has 1 aromatic carbocycles. The fraction of sp³-hybridized carbons (Fsp3) is 0.263. The predicted octanol–water partition coefficient (Wildman–Crippen LogP) is 2.96. The number of anilines is 2.